The Morgan fingerprint density at radius 2 is 2.04 bits per heavy atom. The zero-order valence-corrected chi connectivity index (χ0v) is 14.4. The Morgan fingerprint density at radius 1 is 1.20 bits per heavy atom. The van der Waals surface area contributed by atoms with Gasteiger partial charge in [-0.3, -0.25) is 4.79 Å². The topological polar surface area (TPSA) is 36.1 Å². The van der Waals surface area contributed by atoms with Crippen LogP contribution in [0.5, 0.6) is 0 Å². The lowest BCUT2D eigenvalue weighted by molar-refractivity contribution is 0.0706. The maximum absolute atomic E-state index is 13.4. The van der Waals surface area contributed by atoms with E-state index in [0.717, 1.165) is 36.0 Å². The van der Waals surface area contributed by atoms with Gasteiger partial charge in [-0.15, -0.1) is 0 Å². The lowest BCUT2D eigenvalue weighted by Gasteiger charge is -2.32. The predicted octanol–water partition coefficient (Wildman–Crippen LogP) is 4.98. The maximum atomic E-state index is 13.4. The van der Waals surface area contributed by atoms with Gasteiger partial charge in [-0.1, -0.05) is 23.7 Å². The highest BCUT2D eigenvalue weighted by atomic mass is 35.5. The number of amides is 1. The zero-order valence-electron chi connectivity index (χ0n) is 13.6. The summed E-state index contributed by atoms with van der Waals surface area (Å²) in [6.07, 6.45) is 1.94. The molecule has 3 aromatic rings. The number of nitrogens with one attached hydrogen (secondary N) is 1. The fourth-order valence-electron chi connectivity index (χ4n) is 3.57. The number of rotatable bonds is 2. The van der Waals surface area contributed by atoms with Crippen LogP contribution in [0.25, 0.3) is 10.9 Å². The molecule has 2 heterocycles. The van der Waals surface area contributed by atoms with Crippen LogP contribution in [-0.4, -0.2) is 28.9 Å². The van der Waals surface area contributed by atoms with Gasteiger partial charge in [0.2, 0.25) is 0 Å². The third-order valence-electron chi connectivity index (χ3n) is 4.86. The molecular weight excluding hydrogens is 339 g/mol. The van der Waals surface area contributed by atoms with Crippen LogP contribution in [0.2, 0.25) is 5.02 Å². The third-order valence-corrected chi connectivity index (χ3v) is 5.19. The van der Waals surface area contributed by atoms with Crippen molar-refractivity contribution in [1.82, 2.24) is 9.88 Å². The number of hydrogen-bond donors (Lipinski definition) is 1. The lowest BCUT2D eigenvalue weighted by atomic mass is 9.94. The van der Waals surface area contributed by atoms with Gasteiger partial charge in [0.25, 0.3) is 5.91 Å². The van der Waals surface area contributed by atoms with Crippen LogP contribution in [0, 0.1) is 5.82 Å². The van der Waals surface area contributed by atoms with E-state index in [0.29, 0.717) is 17.1 Å². The first-order valence-corrected chi connectivity index (χ1v) is 8.81. The molecule has 1 amide bonds. The highest BCUT2D eigenvalue weighted by molar-refractivity contribution is 6.33. The molecule has 2 aromatic carbocycles. The highest BCUT2D eigenvalue weighted by Crippen LogP contribution is 2.30. The van der Waals surface area contributed by atoms with Crippen molar-refractivity contribution < 1.29 is 9.18 Å². The Hall–Kier alpha value is -2.33. The van der Waals surface area contributed by atoms with Gasteiger partial charge in [0, 0.05) is 35.6 Å². The molecule has 128 valence electrons. The monoisotopic (exact) mass is 356 g/mol. The summed E-state index contributed by atoms with van der Waals surface area (Å²) < 4.78 is 13.4. The van der Waals surface area contributed by atoms with Crippen LogP contribution in [0.15, 0.2) is 48.5 Å². The average Bonchev–Trinajstić information content (AvgIpc) is 3.05. The summed E-state index contributed by atoms with van der Waals surface area (Å²) in [5, 5.41) is 1.35. The van der Waals surface area contributed by atoms with Crippen molar-refractivity contribution in [3.8, 4) is 0 Å². The van der Waals surface area contributed by atoms with Gasteiger partial charge in [0.05, 0.1) is 10.6 Å². The van der Waals surface area contributed by atoms with Crippen LogP contribution in [0.3, 0.4) is 0 Å². The van der Waals surface area contributed by atoms with Crippen LogP contribution < -0.4 is 0 Å². The number of aromatic amines is 1. The number of carbonyl (C=O) groups is 1. The highest BCUT2D eigenvalue weighted by Gasteiger charge is 2.27. The zero-order chi connectivity index (χ0) is 17.4. The number of nitrogens with zero attached hydrogens (tertiary/aromatic N) is 1. The van der Waals surface area contributed by atoms with Crippen molar-refractivity contribution in [2.75, 3.05) is 13.1 Å². The number of halogens is 2. The molecule has 4 rings (SSSR count). The number of piperidine rings is 1. The molecule has 1 aromatic heterocycles. The van der Waals surface area contributed by atoms with Crippen LogP contribution in [0.1, 0.15) is 34.8 Å². The quantitative estimate of drug-likeness (QED) is 0.690. The Kier molecular flexibility index (Phi) is 4.22. The van der Waals surface area contributed by atoms with E-state index in [1.807, 2.05) is 23.1 Å². The molecule has 0 spiro atoms. The summed E-state index contributed by atoms with van der Waals surface area (Å²) in [5.41, 5.74) is 2.52. The molecule has 1 fully saturated rings. The standard InChI is InChI=1S/C20H18ClFN2O/c21-17-6-2-1-5-16(17)20(25)24-9-3-4-13(12-24)19-11-14-10-15(22)7-8-18(14)23-19/h1-2,5-8,10-11,13,23H,3-4,9,12H2. The van der Waals surface area contributed by atoms with Crippen molar-refractivity contribution in [2.45, 2.75) is 18.8 Å². The van der Waals surface area contributed by atoms with Crippen molar-refractivity contribution in [2.24, 2.45) is 0 Å². The van der Waals surface area contributed by atoms with Gasteiger partial charge < -0.3 is 9.88 Å². The minimum atomic E-state index is -0.239. The van der Waals surface area contributed by atoms with Crippen LogP contribution in [0.4, 0.5) is 4.39 Å². The normalized spacial score (nSPS) is 17.8. The van der Waals surface area contributed by atoms with E-state index in [1.54, 1.807) is 18.2 Å². The van der Waals surface area contributed by atoms with E-state index < -0.39 is 0 Å². The minimum absolute atomic E-state index is 0.0301. The molecule has 0 bridgehead atoms. The maximum Gasteiger partial charge on any atom is 0.255 e. The lowest BCUT2D eigenvalue weighted by Crippen LogP contribution is -2.39. The van der Waals surface area contributed by atoms with E-state index in [2.05, 4.69) is 4.98 Å². The summed E-state index contributed by atoms with van der Waals surface area (Å²) in [6, 6.07) is 13.9. The van der Waals surface area contributed by atoms with Crippen LogP contribution >= 0.6 is 11.6 Å². The minimum Gasteiger partial charge on any atom is -0.358 e. The molecule has 3 nitrogen and oxygen atoms in total. The number of hydrogen-bond acceptors (Lipinski definition) is 1. The van der Waals surface area contributed by atoms with Gasteiger partial charge in [0.15, 0.2) is 0 Å². The van der Waals surface area contributed by atoms with Gasteiger partial charge in [-0.25, -0.2) is 4.39 Å². The van der Waals surface area contributed by atoms with E-state index >= 15 is 0 Å². The van der Waals surface area contributed by atoms with Crippen molar-refractivity contribution in [3.05, 3.63) is 70.6 Å². The molecule has 0 radical (unpaired) electrons. The van der Waals surface area contributed by atoms with E-state index in [9.17, 15) is 9.18 Å². The summed E-state index contributed by atoms with van der Waals surface area (Å²) in [4.78, 5) is 18.0. The number of fused-ring (bicyclic) bond motifs is 1. The molecule has 0 aliphatic carbocycles. The molecule has 1 atom stereocenters. The smallest absolute Gasteiger partial charge is 0.255 e. The van der Waals surface area contributed by atoms with E-state index in [4.69, 9.17) is 11.6 Å². The molecular formula is C20H18ClFN2O. The predicted molar refractivity (Wildman–Crippen MR) is 97.6 cm³/mol. The van der Waals surface area contributed by atoms with Crippen molar-refractivity contribution >= 4 is 28.4 Å². The first-order chi connectivity index (χ1) is 12.1. The van der Waals surface area contributed by atoms with Crippen molar-refractivity contribution in [3.63, 3.8) is 0 Å². The summed E-state index contributed by atoms with van der Waals surface area (Å²) in [5.74, 6) is -0.0506. The second-order valence-corrected chi connectivity index (χ2v) is 6.93. The Labute approximate surface area is 150 Å². The number of likely N-dealkylation sites (tertiary alicyclic amines) is 1. The average molecular weight is 357 g/mol. The molecule has 5 heteroatoms. The van der Waals surface area contributed by atoms with Gasteiger partial charge >= 0.3 is 0 Å². The SMILES string of the molecule is O=C(c1ccccc1Cl)N1CCCC(c2cc3cc(F)ccc3[nH]2)C1. The Morgan fingerprint density at radius 3 is 2.88 bits per heavy atom. The Bertz CT molecular complexity index is 936. The fraction of sp³-hybridized carbons (Fsp3) is 0.250. The Balaban J connectivity index is 1.58. The largest absolute Gasteiger partial charge is 0.358 e. The first-order valence-electron chi connectivity index (χ1n) is 8.44. The molecule has 1 aliphatic rings. The third kappa shape index (κ3) is 3.14. The summed E-state index contributed by atoms with van der Waals surface area (Å²) in [7, 11) is 0. The number of carbonyl (C=O) groups excluding carboxylic acids is 1. The van der Waals surface area contributed by atoms with Gasteiger partial charge in [0.1, 0.15) is 5.82 Å². The summed E-state index contributed by atoms with van der Waals surface area (Å²) >= 11 is 6.17. The first kappa shape index (κ1) is 16.2. The van der Waals surface area contributed by atoms with Gasteiger partial charge in [-0.2, -0.15) is 0 Å². The number of H-pyrrole nitrogens is 1. The molecule has 1 N–H and O–H groups in total. The van der Waals surface area contributed by atoms with Gasteiger partial charge in [-0.05, 0) is 49.2 Å². The van der Waals surface area contributed by atoms with E-state index in [-0.39, 0.29) is 17.6 Å². The second-order valence-electron chi connectivity index (χ2n) is 6.53. The molecule has 1 aliphatic heterocycles. The fourth-order valence-corrected chi connectivity index (χ4v) is 3.78. The molecule has 0 saturated carbocycles. The summed E-state index contributed by atoms with van der Waals surface area (Å²) in [6.45, 7) is 1.37. The molecule has 1 unspecified atom stereocenters. The van der Waals surface area contributed by atoms with Crippen molar-refractivity contribution in [1.29, 1.82) is 0 Å². The van der Waals surface area contributed by atoms with E-state index in [1.165, 1.54) is 12.1 Å². The second kappa shape index (κ2) is 6.52. The number of benzene rings is 2. The molecule has 25 heavy (non-hydrogen) atoms. The number of aromatic nitrogens is 1. The molecule has 1 saturated heterocycles. The van der Waals surface area contributed by atoms with Crippen LogP contribution in [-0.2, 0) is 0 Å².